The largest absolute Gasteiger partial charge is 0.493 e. The highest BCUT2D eigenvalue weighted by Crippen LogP contribution is 2.37. The number of ether oxygens (including phenoxy) is 3. The highest BCUT2D eigenvalue weighted by molar-refractivity contribution is 5.87. The zero-order valence-electron chi connectivity index (χ0n) is 19.5. The molecule has 7 nitrogen and oxygen atoms in total. The molecular formula is C26H27FN4O3. The summed E-state index contributed by atoms with van der Waals surface area (Å²) in [4.78, 5) is 15.4. The summed E-state index contributed by atoms with van der Waals surface area (Å²) in [5.41, 5.74) is 1.68. The lowest BCUT2D eigenvalue weighted by Crippen LogP contribution is -2.34. The molecule has 34 heavy (non-hydrogen) atoms. The number of hydrogen-bond acceptors (Lipinski definition) is 7. The van der Waals surface area contributed by atoms with Crippen molar-refractivity contribution in [1.29, 1.82) is 0 Å². The van der Waals surface area contributed by atoms with Crippen LogP contribution in [0.5, 0.6) is 23.1 Å². The van der Waals surface area contributed by atoms with Crippen molar-refractivity contribution >= 4 is 21.8 Å². The van der Waals surface area contributed by atoms with Crippen molar-refractivity contribution in [3.8, 4) is 23.1 Å². The van der Waals surface area contributed by atoms with Crippen LogP contribution in [-0.4, -0.2) is 53.7 Å². The lowest BCUT2D eigenvalue weighted by molar-refractivity contribution is 0.148. The van der Waals surface area contributed by atoms with Crippen molar-refractivity contribution in [2.24, 2.45) is 5.92 Å². The lowest BCUT2D eigenvalue weighted by Gasteiger charge is -2.29. The Kier molecular flexibility index (Phi) is 6.15. The highest BCUT2D eigenvalue weighted by Gasteiger charge is 2.19. The first-order valence-corrected chi connectivity index (χ1v) is 11.4. The minimum absolute atomic E-state index is 0.330. The fourth-order valence-electron chi connectivity index (χ4n) is 4.40. The van der Waals surface area contributed by atoms with E-state index >= 15 is 0 Å². The van der Waals surface area contributed by atoms with E-state index in [1.165, 1.54) is 18.8 Å². The molecule has 0 amide bonds. The Morgan fingerprint density at radius 3 is 2.79 bits per heavy atom. The average molecular weight is 463 g/mol. The quantitative estimate of drug-likeness (QED) is 0.393. The molecule has 4 aromatic rings. The monoisotopic (exact) mass is 462 g/mol. The number of hydrogen-bond donors (Lipinski definition) is 0. The molecule has 2 aromatic heterocycles. The Balaban J connectivity index is 1.42. The lowest BCUT2D eigenvalue weighted by atomic mass is 9.99. The van der Waals surface area contributed by atoms with Gasteiger partial charge in [0.2, 0.25) is 5.88 Å². The Labute approximate surface area is 197 Å². The summed E-state index contributed by atoms with van der Waals surface area (Å²) in [6.07, 6.45) is 3.81. The van der Waals surface area contributed by atoms with Crippen molar-refractivity contribution < 1.29 is 18.6 Å². The first kappa shape index (κ1) is 22.3. The summed E-state index contributed by atoms with van der Waals surface area (Å²) in [5, 5.41) is 1.41. The second-order valence-corrected chi connectivity index (χ2v) is 8.79. The Bertz CT molecular complexity index is 1350. The highest BCUT2D eigenvalue weighted by atomic mass is 19.1. The maximum absolute atomic E-state index is 13.8. The molecule has 5 rings (SSSR count). The Morgan fingerprint density at radius 2 is 1.97 bits per heavy atom. The molecule has 1 unspecified atom stereocenters. The molecule has 176 valence electrons. The van der Waals surface area contributed by atoms with Gasteiger partial charge in [0.15, 0.2) is 11.5 Å². The van der Waals surface area contributed by atoms with E-state index in [1.807, 2.05) is 12.1 Å². The van der Waals surface area contributed by atoms with Crippen LogP contribution in [0.4, 0.5) is 4.39 Å². The molecule has 0 aliphatic carbocycles. The zero-order chi connectivity index (χ0) is 23.7. The molecule has 0 N–H and O–H groups in total. The maximum Gasteiger partial charge on any atom is 0.230 e. The number of aromatic nitrogens is 3. The molecule has 1 atom stereocenters. The molecule has 1 aliphatic heterocycles. The van der Waals surface area contributed by atoms with Crippen LogP contribution in [0.2, 0.25) is 0 Å². The summed E-state index contributed by atoms with van der Waals surface area (Å²) >= 11 is 0. The first-order valence-electron chi connectivity index (χ1n) is 11.4. The molecule has 1 fully saturated rings. The molecule has 2 aromatic carbocycles. The molecular weight excluding hydrogens is 435 g/mol. The topological polar surface area (TPSA) is 69.6 Å². The maximum atomic E-state index is 13.8. The fourth-order valence-corrected chi connectivity index (χ4v) is 4.40. The summed E-state index contributed by atoms with van der Waals surface area (Å²) in [7, 11) is 3.76. The first-order chi connectivity index (χ1) is 16.5. The van der Waals surface area contributed by atoms with Gasteiger partial charge in [0.1, 0.15) is 17.9 Å². The van der Waals surface area contributed by atoms with Crippen LogP contribution >= 0.6 is 0 Å². The molecule has 0 spiro atoms. The van der Waals surface area contributed by atoms with Gasteiger partial charge in [0, 0.05) is 30.0 Å². The van der Waals surface area contributed by atoms with Crippen LogP contribution in [0.1, 0.15) is 18.5 Å². The number of rotatable bonds is 6. The second kappa shape index (κ2) is 9.38. The average Bonchev–Trinajstić information content (AvgIpc) is 2.83. The van der Waals surface area contributed by atoms with E-state index in [9.17, 15) is 4.39 Å². The third kappa shape index (κ3) is 4.59. The van der Waals surface area contributed by atoms with E-state index in [4.69, 9.17) is 14.2 Å². The third-order valence-corrected chi connectivity index (χ3v) is 6.21. The van der Waals surface area contributed by atoms with E-state index in [-0.39, 0.29) is 5.82 Å². The number of fused-ring (bicyclic) bond motifs is 2. The van der Waals surface area contributed by atoms with E-state index in [1.54, 1.807) is 32.2 Å². The minimum Gasteiger partial charge on any atom is -0.493 e. The summed E-state index contributed by atoms with van der Waals surface area (Å²) < 4.78 is 31.7. The van der Waals surface area contributed by atoms with Gasteiger partial charge in [-0.1, -0.05) is 0 Å². The molecule has 0 radical (unpaired) electrons. The van der Waals surface area contributed by atoms with Gasteiger partial charge in [0.05, 0.1) is 35.8 Å². The van der Waals surface area contributed by atoms with E-state index in [0.29, 0.717) is 63.2 Å². The number of aryl methyl sites for hydroxylation is 1. The van der Waals surface area contributed by atoms with Crippen LogP contribution in [0.3, 0.4) is 0 Å². The Hall–Kier alpha value is -3.52. The van der Waals surface area contributed by atoms with Crippen molar-refractivity contribution in [2.45, 2.75) is 19.8 Å². The standard InChI is InChI=1S/C26H27FN4O3/c1-16-21(27)9-18-6-7-19(10-22(18)30-16)34-26-20-11-24(32-3)25(12-23(20)28-15-29-26)33-14-17-5-4-8-31(2)13-17/h6-7,9-12,15,17H,4-5,8,13-14H2,1-3H3. The minimum atomic E-state index is -0.330. The van der Waals surface area contributed by atoms with Crippen molar-refractivity contribution in [1.82, 2.24) is 19.9 Å². The van der Waals surface area contributed by atoms with Gasteiger partial charge in [-0.25, -0.2) is 19.3 Å². The summed E-state index contributed by atoms with van der Waals surface area (Å²) in [6, 6.07) is 10.5. The van der Waals surface area contributed by atoms with Crippen molar-refractivity contribution in [3.05, 3.63) is 54.2 Å². The van der Waals surface area contributed by atoms with Gasteiger partial charge in [-0.2, -0.15) is 0 Å². The van der Waals surface area contributed by atoms with Crippen LogP contribution in [0, 0.1) is 18.7 Å². The van der Waals surface area contributed by atoms with Gasteiger partial charge in [-0.15, -0.1) is 0 Å². The van der Waals surface area contributed by atoms with Gasteiger partial charge in [-0.3, -0.25) is 0 Å². The number of benzene rings is 2. The van der Waals surface area contributed by atoms with E-state index in [2.05, 4.69) is 26.9 Å². The second-order valence-electron chi connectivity index (χ2n) is 8.79. The zero-order valence-corrected chi connectivity index (χ0v) is 19.5. The van der Waals surface area contributed by atoms with Crippen molar-refractivity contribution in [3.63, 3.8) is 0 Å². The Morgan fingerprint density at radius 1 is 1.09 bits per heavy atom. The van der Waals surface area contributed by atoms with E-state index < -0.39 is 0 Å². The van der Waals surface area contributed by atoms with Gasteiger partial charge >= 0.3 is 0 Å². The number of likely N-dealkylation sites (tertiary alicyclic amines) is 1. The molecule has 1 saturated heterocycles. The van der Waals surface area contributed by atoms with Crippen LogP contribution in [0.15, 0.2) is 42.7 Å². The molecule has 3 heterocycles. The van der Waals surface area contributed by atoms with Crippen LogP contribution in [-0.2, 0) is 0 Å². The van der Waals surface area contributed by atoms with Crippen molar-refractivity contribution in [2.75, 3.05) is 33.9 Å². The van der Waals surface area contributed by atoms with Crippen LogP contribution in [0.25, 0.3) is 21.8 Å². The number of halogens is 1. The normalized spacial score (nSPS) is 16.6. The van der Waals surface area contributed by atoms with Gasteiger partial charge < -0.3 is 19.1 Å². The summed E-state index contributed by atoms with van der Waals surface area (Å²) in [6.45, 7) is 4.44. The third-order valence-electron chi connectivity index (χ3n) is 6.21. The SMILES string of the molecule is COc1cc2c(Oc3ccc4cc(F)c(C)nc4c3)ncnc2cc1OCC1CCCN(C)C1. The number of piperidine rings is 1. The van der Waals surface area contributed by atoms with E-state index in [0.717, 1.165) is 19.5 Å². The molecule has 0 saturated carbocycles. The predicted molar refractivity (Wildman–Crippen MR) is 128 cm³/mol. The predicted octanol–water partition coefficient (Wildman–Crippen LogP) is 5.15. The number of methoxy groups -OCH3 is 1. The number of pyridine rings is 1. The fraction of sp³-hybridized carbons (Fsp3) is 0.346. The van der Waals surface area contributed by atoms with Crippen LogP contribution < -0.4 is 14.2 Å². The van der Waals surface area contributed by atoms with Gasteiger partial charge in [-0.05, 0) is 57.6 Å². The smallest absolute Gasteiger partial charge is 0.230 e. The molecule has 8 heteroatoms. The van der Waals surface area contributed by atoms with Gasteiger partial charge in [0.25, 0.3) is 0 Å². The molecule has 1 aliphatic rings. The molecule has 0 bridgehead atoms. The summed E-state index contributed by atoms with van der Waals surface area (Å²) in [5.74, 6) is 2.35. The number of nitrogens with zero attached hydrogens (tertiary/aromatic N) is 4.